The van der Waals surface area contributed by atoms with E-state index in [0.717, 1.165) is 26.9 Å². The molecule has 196 valence electrons. The number of nitrogens with one attached hydrogen (secondary N) is 1. The molecule has 2 aliphatic heterocycles. The molecule has 1 saturated heterocycles. The summed E-state index contributed by atoms with van der Waals surface area (Å²) in [5, 5.41) is 31.8. The van der Waals surface area contributed by atoms with Crippen molar-refractivity contribution in [3.63, 3.8) is 0 Å². The number of nitrogens with two attached hydrogens (primary N) is 1. The summed E-state index contributed by atoms with van der Waals surface area (Å²) < 4.78 is 6.56. The number of methoxy groups -OCH3 is 1. The molecule has 14 nitrogen and oxygen atoms in total. The van der Waals surface area contributed by atoms with Gasteiger partial charge >= 0.3 is 11.9 Å². The Morgan fingerprint density at radius 2 is 2.03 bits per heavy atom. The minimum absolute atomic E-state index is 0.0300. The Balaban J connectivity index is 1.51. The second-order valence-electron chi connectivity index (χ2n) is 8.03. The SMILES string of the molecule is CO[C@@]1(NC(=O)Cc2ccccc2CN)C(=O)N2C(C(=O)O)=C(CSc3nnnn3CC(=O)O)CS[C@@H]21. The summed E-state index contributed by atoms with van der Waals surface area (Å²) in [7, 11) is 1.28. The summed E-state index contributed by atoms with van der Waals surface area (Å²) in [5.41, 5.74) is 5.75. The number of carbonyl (C=O) groups is 4. The highest BCUT2D eigenvalue weighted by molar-refractivity contribution is 8.01. The van der Waals surface area contributed by atoms with Gasteiger partial charge in [0.05, 0.1) is 6.42 Å². The largest absolute Gasteiger partial charge is 0.480 e. The Morgan fingerprint density at radius 1 is 1.30 bits per heavy atom. The van der Waals surface area contributed by atoms with Crippen LogP contribution < -0.4 is 11.1 Å². The fourth-order valence-electron chi connectivity index (χ4n) is 4.09. The number of amides is 2. The van der Waals surface area contributed by atoms with E-state index in [9.17, 15) is 24.3 Å². The van der Waals surface area contributed by atoms with Crippen LogP contribution in [0.1, 0.15) is 11.1 Å². The fourth-order valence-corrected chi connectivity index (χ4v) is 6.54. The van der Waals surface area contributed by atoms with E-state index in [1.807, 2.05) is 12.1 Å². The topological polar surface area (TPSA) is 203 Å². The third kappa shape index (κ3) is 5.04. The lowest BCUT2D eigenvalue weighted by atomic mass is 9.97. The van der Waals surface area contributed by atoms with E-state index >= 15 is 0 Å². The molecule has 3 heterocycles. The number of fused-ring (bicyclic) bond motifs is 1. The van der Waals surface area contributed by atoms with Crippen molar-refractivity contribution < 1.29 is 34.1 Å². The first-order chi connectivity index (χ1) is 17.7. The molecule has 16 heteroatoms. The van der Waals surface area contributed by atoms with Crippen LogP contribution in [0.25, 0.3) is 0 Å². The number of benzene rings is 1. The summed E-state index contributed by atoms with van der Waals surface area (Å²) >= 11 is 2.30. The van der Waals surface area contributed by atoms with Crippen LogP contribution in [0.2, 0.25) is 0 Å². The molecule has 0 bridgehead atoms. The minimum atomic E-state index is -1.72. The molecule has 0 aliphatic carbocycles. The van der Waals surface area contributed by atoms with Crippen molar-refractivity contribution in [1.29, 1.82) is 0 Å². The van der Waals surface area contributed by atoms with Crippen LogP contribution in [-0.2, 0) is 43.4 Å². The molecule has 2 aromatic rings. The molecule has 0 spiro atoms. The molecule has 2 atom stereocenters. The zero-order valence-corrected chi connectivity index (χ0v) is 21.1. The van der Waals surface area contributed by atoms with Crippen molar-refractivity contribution in [2.45, 2.75) is 35.8 Å². The van der Waals surface area contributed by atoms with Gasteiger partial charge in [-0.1, -0.05) is 36.0 Å². The van der Waals surface area contributed by atoms with Crippen molar-refractivity contribution in [2.24, 2.45) is 5.73 Å². The monoisotopic (exact) mass is 549 g/mol. The Bertz CT molecular complexity index is 1280. The molecular weight excluding hydrogens is 526 g/mol. The summed E-state index contributed by atoms with van der Waals surface area (Å²) in [6.45, 7) is -0.201. The summed E-state index contributed by atoms with van der Waals surface area (Å²) in [6, 6.07) is 7.18. The smallest absolute Gasteiger partial charge is 0.352 e. The highest BCUT2D eigenvalue weighted by Gasteiger charge is 2.66. The average Bonchev–Trinajstić information content (AvgIpc) is 3.31. The Labute approximate surface area is 218 Å². The van der Waals surface area contributed by atoms with Crippen molar-refractivity contribution in [2.75, 3.05) is 18.6 Å². The lowest BCUT2D eigenvalue weighted by Crippen LogP contribution is -2.80. The number of β-lactam (4-membered cyclic amide) rings is 1. The molecule has 1 aromatic heterocycles. The number of aliphatic carboxylic acids is 2. The molecule has 0 radical (unpaired) electrons. The first kappa shape index (κ1) is 26.6. The number of rotatable bonds is 11. The predicted octanol–water partition coefficient (Wildman–Crippen LogP) is -0.736. The molecule has 1 fully saturated rings. The van der Waals surface area contributed by atoms with E-state index in [-0.39, 0.29) is 35.3 Å². The van der Waals surface area contributed by atoms with Crippen LogP contribution in [0.4, 0.5) is 0 Å². The quantitative estimate of drug-likeness (QED) is 0.155. The maximum atomic E-state index is 13.3. The van der Waals surface area contributed by atoms with Gasteiger partial charge in [0, 0.05) is 25.2 Å². The molecule has 2 aliphatic rings. The second-order valence-corrected chi connectivity index (χ2v) is 10.0. The van der Waals surface area contributed by atoms with Crippen molar-refractivity contribution >= 4 is 47.3 Å². The first-order valence-corrected chi connectivity index (χ1v) is 12.9. The standard InChI is InChI=1S/C21H23N7O7S2/c1-35-21(23-14(29)6-11-4-2-3-5-12(11)7-22)18(34)28-16(17(32)33)13(9-36-19(21)28)10-37-20-24-25-26-27(20)8-15(30)31/h2-5,19H,6-10,22H2,1H3,(H,23,29)(H,30,31)(H,32,33)/t19-,21+/m1/s1. The number of tetrazole rings is 1. The molecule has 4 rings (SSSR count). The van der Waals surface area contributed by atoms with E-state index in [2.05, 4.69) is 20.8 Å². The van der Waals surface area contributed by atoms with Crippen LogP contribution >= 0.6 is 23.5 Å². The van der Waals surface area contributed by atoms with Gasteiger partial charge in [0.25, 0.3) is 11.6 Å². The molecule has 1 aromatic carbocycles. The van der Waals surface area contributed by atoms with Gasteiger partial charge in [-0.3, -0.25) is 19.3 Å². The lowest BCUT2D eigenvalue weighted by Gasteiger charge is -2.55. The van der Waals surface area contributed by atoms with Crippen LogP contribution in [-0.4, -0.2) is 88.8 Å². The summed E-state index contributed by atoms with van der Waals surface area (Å²) in [4.78, 5) is 50.4. The highest BCUT2D eigenvalue weighted by Crippen LogP contribution is 2.47. The third-order valence-corrected chi connectivity index (χ3v) is 8.23. The minimum Gasteiger partial charge on any atom is -0.480 e. The van der Waals surface area contributed by atoms with Crippen LogP contribution in [0.3, 0.4) is 0 Å². The van der Waals surface area contributed by atoms with Gasteiger partial charge in [-0.15, -0.1) is 16.9 Å². The van der Waals surface area contributed by atoms with Crippen molar-refractivity contribution in [3.8, 4) is 0 Å². The van der Waals surface area contributed by atoms with Gasteiger partial charge in [0.15, 0.2) is 0 Å². The van der Waals surface area contributed by atoms with Crippen LogP contribution in [0, 0.1) is 0 Å². The van der Waals surface area contributed by atoms with Crippen molar-refractivity contribution in [3.05, 3.63) is 46.7 Å². The highest BCUT2D eigenvalue weighted by atomic mass is 32.2. The number of carboxylic acid groups (broad SMARTS) is 2. The zero-order valence-electron chi connectivity index (χ0n) is 19.5. The number of carbonyl (C=O) groups excluding carboxylic acids is 2. The molecule has 0 unspecified atom stereocenters. The van der Waals surface area contributed by atoms with Crippen molar-refractivity contribution in [1.82, 2.24) is 30.4 Å². The van der Waals surface area contributed by atoms with Crippen LogP contribution in [0.5, 0.6) is 0 Å². The lowest BCUT2D eigenvalue weighted by molar-refractivity contribution is -0.192. The number of hydrogen-bond donors (Lipinski definition) is 4. The number of hydrogen-bond acceptors (Lipinski definition) is 11. The van der Waals surface area contributed by atoms with Crippen LogP contribution in [0.15, 0.2) is 40.7 Å². The Kier molecular flexibility index (Phi) is 7.82. The number of nitrogens with zero attached hydrogens (tertiary/aromatic N) is 5. The van der Waals surface area contributed by atoms with Gasteiger partial charge in [-0.2, -0.15) is 0 Å². The normalized spacial score (nSPS) is 20.9. The maximum Gasteiger partial charge on any atom is 0.352 e. The molecule has 37 heavy (non-hydrogen) atoms. The number of thioether (sulfide) groups is 2. The van der Waals surface area contributed by atoms with E-state index in [0.29, 0.717) is 11.1 Å². The summed E-state index contributed by atoms with van der Waals surface area (Å²) in [6.07, 6.45) is -0.0300. The average molecular weight is 550 g/mol. The molecule has 5 N–H and O–H groups in total. The van der Waals surface area contributed by atoms with E-state index in [4.69, 9.17) is 15.6 Å². The van der Waals surface area contributed by atoms with Gasteiger partial charge < -0.3 is 26.0 Å². The van der Waals surface area contributed by atoms with E-state index in [1.54, 1.807) is 12.1 Å². The molecule has 0 saturated carbocycles. The molecular formula is C21H23N7O7S2. The van der Waals surface area contributed by atoms with Gasteiger partial charge in [-0.05, 0) is 27.1 Å². The Morgan fingerprint density at radius 3 is 2.68 bits per heavy atom. The predicted molar refractivity (Wildman–Crippen MR) is 130 cm³/mol. The zero-order chi connectivity index (χ0) is 26.7. The third-order valence-electron chi connectivity index (χ3n) is 5.81. The number of ether oxygens (including phenoxy) is 1. The Hall–Kier alpha value is -3.47. The van der Waals surface area contributed by atoms with Gasteiger partial charge in [0.1, 0.15) is 17.6 Å². The second kappa shape index (κ2) is 10.9. The van der Waals surface area contributed by atoms with Gasteiger partial charge in [0.2, 0.25) is 11.1 Å². The van der Waals surface area contributed by atoms with E-state index in [1.165, 1.54) is 18.9 Å². The number of carboxylic acids is 2. The molecule has 2 amide bonds. The maximum absolute atomic E-state index is 13.3. The number of aromatic nitrogens is 4. The first-order valence-electron chi connectivity index (χ1n) is 10.9. The summed E-state index contributed by atoms with van der Waals surface area (Å²) in [5.74, 6) is -3.29. The van der Waals surface area contributed by atoms with E-state index < -0.39 is 41.4 Å². The fraction of sp³-hybridized carbons (Fsp3) is 0.381. The van der Waals surface area contributed by atoms with Gasteiger partial charge in [-0.25, -0.2) is 9.48 Å².